The van der Waals surface area contributed by atoms with Crippen LogP contribution in [-0.2, 0) is 10.0 Å². The summed E-state index contributed by atoms with van der Waals surface area (Å²) < 4.78 is 22.8. The molecule has 0 aromatic heterocycles. The summed E-state index contributed by atoms with van der Waals surface area (Å²) in [6, 6.07) is 3.22. The van der Waals surface area contributed by atoms with Crippen LogP contribution in [0.2, 0.25) is 0 Å². The van der Waals surface area contributed by atoms with Crippen molar-refractivity contribution in [2.24, 2.45) is 11.1 Å². The molecule has 0 radical (unpaired) electrons. The first-order chi connectivity index (χ1) is 8.21. The van der Waals surface area contributed by atoms with Crippen LogP contribution in [0.4, 0.5) is 5.69 Å². The predicted octanol–water partition coefficient (Wildman–Crippen LogP) is 2.41. The summed E-state index contributed by atoms with van der Waals surface area (Å²) in [5.74, 6) is 0.611. The predicted molar refractivity (Wildman–Crippen MR) is 75.2 cm³/mol. The largest absolute Gasteiger partial charge is 0.385 e. The lowest BCUT2D eigenvalue weighted by Gasteiger charge is -2.14. The number of rotatable bonds is 5. The van der Waals surface area contributed by atoms with Gasteiger partial charge in [-0.3, -0.25) is 0 Å². The fraction of sp³-hybridized carbons (Fsp3) is 0.538. The van der Waals surface area contributed by atoms with Gasteiger partial charge in [0.15, 0.2) is 0 Å². The van der Waals surface area contributed by atoms with Gasteiger partial charge in [-0.25, -0.2) is 13.6 Å². The molecule has 1 rings (SSSR count). The van der Waals surface area contributed by atoms with E-state index in [0.717, 1.165) is 29.8 Å². The van der Waals surface area contributed by atoms with Gasteiger partial charge in [-0.05, 0) is 49.4 Å². The zero-order valence-corrected chi connectivity index (χ0v) is 12.3. The Morgan fingerprint density at radius 3 is 2.39 bits per heavy atom. The number of nitrogens with one attached hydrogen (secondary N) is 1. The minimum Gasteiger partial charge on any atom is -0.385 e. The lowest BCUT2D eigenvalue weighted by Crippen LogP contribution is -2.14. The molecule has 4 nitrogen and oxygen atoms in total. The molecule has 0 bridgehead atoms. The van der Waals surface area contributed by atoms with E-state index in [-0.39, 0.29) is 4.90 Å². The normalized spacial score (nSPS) is 11.9. The van der Waals surface area contributed by atoms with Crippen molar-refractivity contribution in [3.05, 3.63) is 23.3 Å². The van der Waals surface area contributed by atoms with Gasteiger partial charge < -0.3 is 5.32 Å². The first-order valence-corrected chi connectivity index (χ1v) is 7.64. The van der Waals surface area contributed by atoms with Crippen LogP contribution in [0.1, 0.15) is 31.4 Å². The van der Waals surface area contributed by atoms with E-state index >= 15 is 0 Å². The third kappa shape index (κ3) is 3.99. The van der Waals surface area contributed by atoms with Crippen molar-refractivity contribution in [2.75, 3.05) is 11.9 Å². The number of sulfonamides is 1. The smallest absolute Gasteiger partial charge is 0.238 e. The Morgan fingerprint density at radius 1 is 1.28 bits per heavy atom. The number of benzene rings is 1. The molecule has 1 aromatic rings. The fourth-order valence-electron chi connectivity index (χ4n) is 1.67. The molecule has 1 aromatic carbocycles. The molecule has 0 fully saturated rings. The topological polar surface area (TPSA) is 72.2 Å². The third-order valence-electron chi connectivity index (χ3n) is 3.01. The van der Waals surface area contributed by atoms with E-state index in [4.69, 9.17) is 5.14 Å². The van der Waals surface area contributed by atoms with Crippen LogP contribution >= 0.6 is 0 Å². The molecule has 18 heavy (non-hydrogen) atoms. The molecule has 0 spiro atoms. The molecule has 0 aliphatic rings. The van der Waals surface area contributed by atoms with Crippen molar-refractivity contribution >= 4 is 15.7 Å². The zero-order chi connectivity index (χ0) is 13.9. The van der Waals surface area contributed by atoms with Crippen molar-refractivity contribution in [3.8, 4) is 0 Å². The Morgan fingerprint density at radius 2 is 1.89 bits per heavy atom. The molecule has 0 saturated heterocycles. The van der Waals surface area contributed by atoms with Gasteiger partial charge in [-0.1, -0.05) is 13.8 Å². The average Bonchev–Trinajstić information content (AvgIpc) is 2.22. The summed E-state index contributed by atoms with van der Waals surface area (Å²) in [6.07, 6.45) is 1.04. The molecule has 0 saturated carbocycles. The zero-order valence-electron chi connectivity index (χ0n) is 11.4. The summed E-state index contributed by atoms with van der Waals surface area (Å²) in [5.41, 5.74) is 2.83. The Bertz CT molecular complexity index is 522. The molecule has 0 amide bonds. The number of anilines is 1. The van der Waals surface area contributed by atoms with Crippen molar-refractivity contribution in [2.45, 2.75) is 39.0 Å². The molecule has 0 unspecified atom stereocenters. The Hall–Kier alpha value is -1.07. The summed E-state index contributed by atoms with van der Waals surface area (Å²) in [4.78, 5) is 0.164. The molecule has 0 heterocycles. The molecule has 5 heteroatoms. The lowest BCUT2D eigenvalue weighted by atomic mass is 10.1. The van der Waals surface area contributed by atoms with Crippen LogP contribution in [0.3, 0.4) is 0 Å². The molecule has 0 aliphatic carbocycles. The summed E-state index contributed by atoms with van der Waals surface area (Å²) >= 11 is 0. The lowest BCUT2D eigenvalue weighted by molar-refractivity contribution is 0.597. The standard InChI is InChI=1S/C13H22N2O2S/c1-9(2)5-6-15-13-8-12(18(14,16)17)7-10(3)11(13)4/h7-9,15H,5-6H2,1-4H3,(H2,14,16,17). The Balaban J connectivity index is 3.00. The van der Waals surface area contributed by atoms with Crippen LogP contribution in [0.15, 0.2) is 17.0 Å². The maximum Gasteiger partial charge on any atom is 0.238 e. The minimum atomic E-state index is -3.65. The van der Waals surface area contributed by atoms with Crippen molar-refractivity contribution in [1.29, 1.82) is 0 Å². The van der Waals surface area contributed by atoms with E-state index in [0.29, 0.717) is 5.92 Å². The van der Waals surface area contributed by atoms with E-state index in [2.05, 4.69) is 19.2 Å². The molecule has 0 atom stereocenters. The van der Waals surface area contributed by atoms with Gasteiger partial charge >= 0.3 is 0 Å². The van der Waals surface area contributed by atoms with E-state index in [1.54, 1.807) is 12.1 Å². The maximum absolute atomic E-state index is 11.4. The quantitative estimate of drug-likeness (QED) is 0.863. The highest BCUT2D eigenvalue weighted by Crippen LogP contribution is 2.23. The second kappa shape index (κ2) is 5.71. The van der Waals surface area contributed by atoms with Gasteiger partial charge in [0, 0.05) is 12.2 Å². The summed E-state index contributed by atoms with van der Waals surface area (Å²) in [6.45, 7) is 8.99. The molecule has 0 aliphatic heterocycles. The average molecular weight is 270 g/mol. The van der Waals surface area contributed by atoms with Crippen molar-refractivity contribution in [3.63, 3.8) is 0 Å². The van der Waals surface area contributed by atoms with Crippen LogP contribution in [0.5, 0.6) is 0 Å². The van der Waals surface area contributed by atoms with Crippen molar-refractivity contribution in [1.82, 2.24) is 0 Å². The Labute approximate surface area is 110 Å². The molecular weight excluding hydrogens is 248 g/mol. The van der Waals surface area contributed by atoms with Crippen molar-refractivity contribution < 1.29 is 8.42 Å². The van der Waals surface area contributed by atoms with Gasteiger partial charge in [-0.2, -0.15) is 0 Å². The van der Waals surface area contributed by atoms with Gasteiger partial charge in [0.1, 0.15) is 0 Å². The maximum atomic E-state index is 11.4. The number of primary sulfonamides is 1. The monoisotopic (exact) mass is 270 g/mol. The summed E-state index contributed by atoms with van der Waals surface area (Å²) in [7, 11) is -3.65. The minimum absolute atomic E-state index is 0.164. The second-order valence-electron chi connectivity index (χ2n) is 5.07. The number of aryl methyl sites for hydroxylation is 1. The number of hydrogen-bond acceptors (Lipinski definition) is 3. The molecular formula is C13H22N2O2S. The van der Waals surface area contributed by atoms with Crippen LogP contribution < -0.4 is 10.5 Å². The van der Waals surface area contributed by atoms with Gasteiger partial charge in [0.05, 0.1) is 4.90 Å². The van der Waals surface area contributed by atoms with Crippen LogP contribution in [0, 0.1) is 19.8 Å². The fourth-order valence-corrected chi connectivity index (χ4v) is 2.29. The first kappa shape index (κ1) is 15.0. The molecule has 102 valence electrons. The summed E-state index contributed by atoms with van der Waals surface area (Å²) in [5, 5.41) is 8.44. The Kier molecular flexibility index (Phi) is 4.76. The third-order valence-corrected chi connectivity index (χ3v) is 3.90. The van der Waals surface area contributed by atoms with E-state index in [1.807, 2.05) is 13.8 Å². The van der Waals surface area contributed by atoms with E-state index < -0.39 is 10.0 Å². The van der Waals surface area contributed by atoms with E-state index in [9.17, 15) is 8.42 Å². The SMILES string of the molecule is Cc1cc(S(N)(=O)=O)cc(NCCC(C)C)c1C. The van der Waals surface area contributed by atoms with E-state index in [1.165, 1.54) is 0 Å². The molecule has 3 N–H and O–H groups in total. The number of hydrogen-bond donors (Lipinski definition) is 2. The van der Waals surface area contributed by atoms with Crippen LogP contribution in [-0.4, -0.2) is 15.0 Å². The first-order valence-electron chi connectivity index (χ1n) is 6.09. The second-order valence-corrected chi connectivity index (χ2v) is 6.63. The number of nitrogens with two attached hydrogens (primary N) is 1. The van der Waals surface area contributed by atoms with Gasteiger partial charge in [0.2, 0.25) is 10.0 Å². The van der Waals surface area contributed by atoms with Gasteiger partial charge in [0.25, 0.3) is 0 Å². The highest BCUT2D eigenvalue weighted by atomic mass is 32.2. The highest BCUT2D eigenvalue weighted by Gasteiger charge is 2.12. The van der Waals surface area contributed by atoms with Crippen LogP contribution in [0.25, 0.3) is 0 Å². The highest BCUT2D eigenvalue weighted by molar-refractivity contribution is 7.89. The van der Waals surface area contributed by atoms with Gasteiger partial charge in [-0.15, -0.1) is 0 Å².